The number of carbonyl (C=O) groups excluding carboxylic acids is 2. The molecule has 3 aromatic carbocycles. The SMILES string of the molecule is O=C(NCc1ccccc1F)c1ccc(CN2C(=O)CCn3nc(-c4cccc(Cl)c4)cc32)cc1. The minimum Gasteiger partial charge on any atom is -0.348 e. The van der Waals surface area contributed by atoms with Gasteiger partial charge < -0.3 is 5.32 Å². The van der Waals surface area contributed by atoms with Gasteiger partial charge in [0.2, 0.25) is 5.91 Å². The van der Waals surface area contributed by atoms with E-state index in [2.05, 4.69) is 10.4 Å². The average Bonchev–Trinajstić information content (AvgIpc) is 3.30. The number of rotatable bonds is 6. The van der Waals surface area contributed by atoms with E-state index in [1.807, 2.05) is 41.1 Å². The van der Waals surface area contributed by atoms with Gasteiger partial charge in [-0.25, -0.2) is 9.07 Å². The van der Waals surface area contributed by atoms with Crippen molar-refractivity contribution >= 4 is 29.2 Å². The summed E-state index contributed by atoms with van der Waals surface area (Å²) in [6, 6.07) is 22.7. The molecule has 0 unspecified atom stereocenters. The van der Waals surface area contributed by atoms with E-state index in [4.69, 9.17) is 11.6 Å². The van der Waals surface area contributed by atoms with E-state index in [1.165, 1.54) is 6.07 Å². The number of nitrogens with zero attached hydrogens (tertiary/aromatic N) is 3. The molecule has 0 bridgehead atoms. The summed E-state index contributed by atoms with van der Waals surface area (Å²) >= 11 is 6.13. The van der Waals surface area contributed by atoms with Crippen LogP contribution in [0.25, 0.3) is 11.3 Å². The lowest BCUT2D eigenvalue weighted by atomic mass is 10.1. The second-order valence-corrected chi connectivity index (χ2v) is 8.76. The highest BCUT2D eigenvalue weighted by Crippen LogP contribution is 2.30. The number of hydrogen-bond acceptors (Lipinski definition) is 3. The quantitative estimate of drug-likeness (QED) is 0.405. The number of aromatic nitrogens is 2. The molecular formula is C27H22ClFN4O2. The molecule has 0 spiro atoms. The molecule has 176 valence electrons. The Labute approximate surface area is 206 Å². The summed E-state index contributed by atoms with van der Waals surface area (Å²) in [4.78, 5) is 26.9. The highest BCUT2D eigenvalue weighted by molar-refractivity contribution is 6.30. The summed E-state index contributed by atoms with van der Waals surface area (Å²) in [6.45, 7) is 0.984. The second-order valence-electron chi connectivity index (χ2n) is 8.32. The normalized spacial score (nSPS) is 13.0. The Morgan fingerprint density at radius 1 is 1.03 bits per heavy atom. The van der Waals surface area contributed by atoms with Gasteiger partial charge in [-0.1, -0.05) is 54.1 Å². The average molecular weight is 489 g/mol. The number of aryl methyl sites for hydroxylation is 1. The lowest BCUT2D eigenvalue weighted by molar-refractivity contribution is -0.119. The molecule has 5 rings (SSSR count). The first-order valence-corrected chi connectivity index (χ1v) is 11.6. The number of carbonyl (C=O) groups is 2. The molecule has 0 aliphatic carbocycles. The number of nitrogens with one attached hydrogen (secondary N) is 1. The summed E-state index contributed by atoms with van der Waals surface area (Å²) in [5.74, 6) is 0.0925. The van der Waals surface area contributed by atoms with E-state index in [0.717, 1.165) is 22.6 Å². The van der Waals surface area contributed by atoms with Crippen LogP contribution in [0.4, 0.5) is 10.2 Å². The van der Waals surface area contributed by atoms with Crippen molar-refractivity contribution in [2.75, 3.05) is 4.90 Å². The maximum absolute atomic E-state index is 13.8. The highest BCUT2D eigenvalue weighted by atomic mass is 35.5. The third-order valence-corrected chi connectivity index (χ3v) is 6.18. The molecule has 2 amide bonds. The monoisotopic (exact) mass is 488 g/mol. The van der Waals surface area contributed by atoms with Crippen LogP contribution < -0.4 is 10.2 Å². The van der Waals surface area contributed by atoms with Crippen LogP contribution in [0, 0.1) is 5.82 Å². The van der Waals surface area contributed by atoms with Crippen LogP contribution in [-0.2, 0) is 24.4 Å². The molecule has 1 aromatic heterocycles. The number of amides is 2. The fourth-order valence-electron chi connectivity index (χ4n) is 4.07. The minimum absolute atomic E-state index is 0.0155. The number of halogens is 2. The van der Waals surface area contributed by atoms with Gasteiger partial charge in [0.05, 0.1) is 18.8 Å². The summed E-state index contributed by atoms with van der Waals surface area (Å²) in [5, 5.41) is 8.02. The molecule has 6 nitrogen and oxygen atoms in total. The highest BCUT2D eigenvalue weighted by Gasteiger charge is 2.26. The molecule has 0 saturated carbocycles. The lowest BCUT2D eigenvalue weighted by Gasteiger charge is -2.27. The van der Waals surface area contributed by atoms with E-state index < -0.39 is 0 Å². The van der Waals surface area contributed by atoms with E-state index in [1.54, 1.807) is 41.3 Å². The number of anilines is 1. The smallest absolute Gasteiger partial charge is 0.251 e. The third-order valence-electron chi connectivity index (χ3n) is 5.95. The molecule has 1 aliphatic heterocycles. The van der Waals surface area contributed by atoms with Crippen molar-refractivity contribution in [2.24, 2.45) is 0 Å². The third kappa shape index (κ3) is 4.95. The van der Waals surface area contributed by atoms with Gasteiger partial charge >= 0.3 is 0 Å². The van der Waals surface area contributed by atoms with Crippen molar-refractivity contribution < 1.29 is 14.0 Å². The molecule has 0 saturated heterocycles. The zero-order valence-corrected chi connectivity index (χ0v) is 19.5. The molecule has 35 heavy (non-hydrogen) atoms. The molecule has 0 radical (unpaired) electrons. The van der Waals surface area contributed by atoms with E-state index >= 15 is 0 Å². The van der Waals surface area contributed by atoms with E-state index in [-0.39, 0.29) is 24.2 Å². The van der Waals surface area contributed by atoms with Crippen molar-refractivity contribution in [1.29, 1.82) is 0 Å². The van der Waals surface area contributed by atoms with Gasteiger partial charge in [0, 0.05) is 40.7 Å². The van der Waals surface area contributed by atoms with Crippen LogP contribution in [0.3, 0.4) is 0 Å². The van der Waals surface area contributed by atoms with Gasteiger partial charge in [0.25, 0.3) is 5.91 Å². The summed E-state index contributed by atoms with van der Waals surface area (Å²) in [6.07, 6.45) is 0.361. The first-order chi connectivity index (χ1) is 17.0. The van der Waals surface area contributed by atoms with Crippen molar-refractivity contribution in [1.82, 2.24) is 15.1 Å². The Bertz CT molecular complexity index is 1400. The first kappa shape index (κ1) is 22.8. The molecule has 1 aliphatic rings. The molecule has 0 atom stereocenters. The molecule has 2 heterocycles. The standard InChI is InChI=1S/C27H22ClFN4O2/c28-22-6-3-5-20(14-22)24-15-25-32(26(34)12-13-33(25)31-24)17-18-8-10-19(11-9-18)27(35)30-16-21-4-1-2-7-23(21)29/h1-11,14-15H,12-13,16-17H2,(H,30,35). The van der Waals surface area contributed by atoms with Gasteiger partial charge in [0.1, 0.15) is 11.6 Å². The van der Waals surface area contributed by atoms with E-state index in [9.17, 15) is 14.0 Å². The van der Waals surface area contributed by atoms with Crippen molar-refractivity contribution in [2.45, 2.75) is 26.1 Å². The van der Waals surface area contributed by atoms with Gasteiger partial charge in [0.15, 0.2) is 0 Å². The van der Waals surface area contributed by atoms with Crippen LogP contribution >= 0.6 is 11.6 Å². The lowest BCUT2D eigenvalue weighted by Crippen LogP contribution is -2.36. The fourth-order valence-corrected chi connectivity index (χ4v) is 4.26. The molecule has 8 heteroatoms. The van der Waals surface area contributed by atoms with Gasteiger partial charge in [-0.2, -0.15) is 5.10 Å². The Morgan fingerprint density at radius 3 is 2.60 bits per heavy atom. The predicted octanol–water partition coefficient (Wildman–Crippen LogP) is 5.21. The number of benzene rings is 3. The zero-order chi connectivity index (χ0) is 24.4. The predicted molar refractivity (Wildman–Crippen MR) is 132 cm³/mol. The summed E-state index contributed by atoms with van der Waals surface area (Å²) < 4.78 is 15.6. The second kappa shape index (κ2) is 9.72. The maximum atomic E-state index is 13.8. The van der Waals surface area contributed by atoms with Crippen LogP contribution in [-0.4, -0.2) is 21.6 Å². The van der Waals surface area contributed by atoms with Crippen LogP contribution in [0.5, 0.6) is 0 Å². The molecule has 4 aromatic rings. The molecule has 0 fully saturated rings. The van der Waals surface area contributed by atoms with Crippen LogP contribution in [0.1, 0.15) is 27.9 Å². The van der Waals surface area contributed by atoms with Gasteiger partial charge in [-0.15, -0.1) is 0 Å². The Kier molecular flexibility index (Phi) is 6.33. The van der Waals surface area contributed by atoms with Gasteiger partial charge in [-0.3, -0.25) is 14.5 Å². The zero-order valence-electron chi connectivity index (χ0n) is 18.7. The minimum atomic E-state index is -0.355. The fraction of sp³-hybridized carbons (Fsp3) is 0.148. The summed E-state index contributed by atoms with van der Waals surface area (Å²) in [7, 11) is 0. The summed E-state index contributed by atoms with van der Waals surface area (Å²) in [5.41, 5.74) is 3.41. The Hall–Kier alpha value is -3.97. The largest absolute Gasteiger partial charge is 0.348 e. The maximum Gasteiger partial charge on any atom is 0.251 e. The van der Waals surface area contributed by atoms with E-state index in [0.29, 0.717) is 35.7 Å². The van der Waals surface area contributed by atoms with Crippen molar-refractivity contribution in [3.8, 4) is 11.3 Å². The van der Waals surface area contributed by atoms with Crippen LogP contribution in [0.15, 0.2) is 78.9 Å². The molecule has 1 N–H and O–H groups in total. The van der Waals surface area contributed by atoms with Crippen molar-refractivity contribution in [3.63, 3.8) is 0 Å². The first-order valence-electron chi connectivity index (χ1n) is 11.2. The Morgan fingerprint density at radius 2 is 1.83 bits per heavy atom. The topological polar surface area (TPSA) is 67.2 Å². The Balaban J connectivity index is 1.29. The number of hydrogen-bond donors (Lipinski definition) is 1. The number of fused-ring (bicyclic) bond motifs is 1. The van der Waals surface area contributed by atoms with Gasteiger partial charge in [-0.05, 0) is 35.9 Å². The van der Waals surface area contributed by atoms with Crippen molar-refractivity contribution in [3.05, 3.63) is 106 Å². The van der Waals surface area contributed by atoms with Crippen LogP contribution in [0.2, 0.25) is 5.02 Å². The molecular weight excluding hydrogens is 467 g/mol.